The number of halogens is 4. The largest absolute Gasteiger partial charge is 0.573 e. The first-order valence-electron chi connectivity index (χ1n) is 9.36. The van der Waals surface area contributed by atoms with E-state index in [0.29, 0.717) is 25.3 Å². The third-order valence-electron chi connectivity index (χ3n) is 4.02. The maximum absolute atomic E-state index is 12.2. The molecule has 10 heteroatoms. The fraction of sp³-hybridized carbons (Fsp3) is 0.381. The Morgan fingerprint density at radius 1 is 1.10 bits per heavy atom. The lowest BCUT2D eigenvalue weighted by Crippen LogP contribution is -2.31. The van der Waals surface area contributed by atoms with Crippen molar-refractivity contribution >= 4 is 29.9 Å². The van der Waals surface area contributed by atoms with E-state index >= 15 is 0 Å². The normalized spacial score (nSPS) is 11.6. The number of nitrogens with two attached hydrogens (primary N) is 1. The van der Waals surface area contributed by atoms with Crippen LogP contribution in [0.25, 0.3) is 0 Å². The third-order valence-corrected chi connectivity index (χ3v) is 4.02. The van der Waals surface area contributed by atoms with Crippen LogP contribution >= 0.6 is 24.0 Å². The Morgan fingerprint density at radius 2 is 1.81 bits per heavy atom. The molecule has 0 saturated heterocycles. The quantitative estimate of drug-likeness (QED) is 0.196. The molecule has 2 aromatic rings. The molecule has 0 amide bonds. The Kier molecular flexibility index (Phi) is 11.5. The van der Waals surface area contributed by atoms with Gasteiger partial charge in [-0.3, -0.25) is 0 Å². The number of nitrogens with zero attached hydrogens (tertiary/aromatic N) is 1. The van der Waals surface area contributed by atoms with Crippen molar-refractivity contribution in [2.24, 2.45) is 10.7 Å². The molecule has 0 saturated carbocycles. The van der Waals surface area contributed by atoms with Crippen molar-refractivity contribution in [2.75, 3.05) is 20.3 Å². The highest BCUT2D eigenvalue weighted by molar-refractivity contribution is 14.0. The van der Waals surface area contributed by atoms with E-state index in [4.69, 9.17) is 15.2 Å². The van der Waals surface area contributed by atoms with Crippen LogP contribution in [0.15, 0.2) is 47.5 Å². The van der Waals surface area contributed by atoms with Crippen LogP contribution in [0.2, 0.25) is 0 Å². The molecule has 31 heavy (non-hydrogen) atoms. The van der Waals surface area contributed by atoms with Crippen LogP contribution in [-0.2, 0) is 17.8 Å². The van der Waals surface area contributed by atoms with E-state index in [1.165, 1.54) is 24.3 Å². The van der Waals surface area contributed by atoms with E-state index in [2.05, 4.69) is 15.0 Å². The van der Waals surface area contributed by atoms with Gasteiger partial charge >= 0.3 is 6.36 Å². The van der Waals surface area contributed by atoms with Crippen LogP contribution < -0.4 is 20.5 Å². The summed E-state index contributed by atoms with van der Waals surface area (Å²) in [5, 5.41) is 3.02. The predicted molar refractivity (Wildman–Crippen MR) is 124 cm³/mol. The lowest BCUT2D eigenvalue weighted by atomic mass is 10.1. The van der Waals surface area contributed by atoms with Gasteiger partial charge in [-0.25, -0.2) is 4.99 Å². The first-order valence-corrected chi connectivity index (χ1v) is 9.36. The minimum absolute atomic E-state index is 0. The Labute approximate surface area is 197 Å². The molecule has 0 atom stereocenters. The number of ether oxygens (including phenoxy) is 3. The molecule has 0 aromatic heterocycles. The smallest absolute Gasteiger partial charge is 0.493 e. The van der Waals surface area contributed by atoms with Gasteiger partial charge in [-0.1, -0.05) is 24.3 Å². The molecule has 0 bridgehead atoms. The molecular weight excluding hydrogens is 526 g/mol. The van der Waals surface area contributed by atoms with Crippen LogP contribution in [0, 0.1) is 6.92 Å². The summed E-state index contributed by atoms with van der Waals surface area (Å²) in [6, 6.07) is 11.4. The number of alkyl halides is 3. The Bertz CT molecular complexity index is 831. The zero-order valence-corrected chi connectivity index (χ0v) is 19.7. The van der Waals surface area contributed by atoms with E-state index in [1.807, 2.05) is 25.1 Å². The van der Waals surface area contributed by atoms with E-state index < -0.39 is 6.36 Å². The molecule has 2 aromatic carbocycles. The summed E-state index contributed by atoms with van der Waals surface area (Å²) in [5.41, 5.74) is 8.63. The summed E-state index contributed by atoms with van der Waals surface area (Å²) in [4.78, 5) is 4.21. The maximum Gasteiger partial charge on any atom is 0.573 e. The second-order valence-corrected chi connectivity index (χ2v) is 6.55. The lowest BCUT2D eigenvalue weighted by Gasteiger charge is -2.13. The number of methoxy groups -OCH3 is 1. The topological polar surface area (TPSA) is 78.1 Å². The number of nitrogens with one attached hydrogen (secondary N) is 1. The highest BCUT2D eigenvalue weighted by Crippen LogP contribution is 2.23. The Balaban J connectivity index is 0.00000480. The number of benzene rings is 2. The second-order valence-electron chi connectivity index (χ2n) is 6.55. The first kappa shape index (κ1) is 26.8. The lowest BCUT2D eigenvalue weighted by molar-refractivity contribution is -0.274. The fourth-order valence-corrected chi connectivity index (χ4v) is 2.54. The minimum Gasteiger partial charge on any atom is -0.493 e. The summed E-state index contributed by atoms with van der Waals surface area (Å²) in [5.74, 6) is 0.710. The number of hydrogen-bond acceptors (Lipinski definition) is 4. The third kappa shape index (κ3) is 10.6. The first-order chi connectivity index (χ1) is 14.3. The van der Waals surface area contributed by atoms with Gasteiger partial charge in [0.1, 0.15) is 11.5 Å². The number of aliphatic imine (C=N–C) groups is 1. The van der Waals surface area contributed by atoms with Gasteiger partial charge in [-0.15, -0.1) is 37.1 Å². The van der Waals surface area contributed by atoms with Gasteiger partial charge < -0.3 is 25.3 Å². The standard InChI is InChI=1S/C21H26F3N3O3.HI/c1-15-4-7-17(19(12-15)29-11-3-10-28-2)14-27-20(25)26-13-16-5-8-18(9-6-16)30-21(22,23)24;/h4-9,12H,3,10-11,13-14H2,1-2H3,(H3,25,26,27);1H. The van der Waals surface area contributed by atoms with Crippen LogP contribution in [0.1, 0.15) is 23.1 Å². The molecule has 0 spiro atoms. The van der Waals surface area contributed by atoms with Gasteiger partial charge in [-0.05, 0) is 36.2 Å². The second kappa shape index (κ2) is 13.3. The average molecular weight is 553 g/mol. The molecule has 0 aliphatic carbocycles. The van der Waals surface area contributed by atoms with Crippen molar-refractivity contribution < 1.29 is 27.4 Å². The van der Waals surface area contributed by atoms with Crippen molar-refractivity contribution in [3.8, 4) is 11.5 Å². The molecule has 0 aliphatic rings. The Hall–Kier alpha value is -2.21. The molecule has 172 valence electrons. The zero-order valence-electron chi connectivity index (χ0n) is 17.4. The maximum atomic E-state index is 12.2. The highest BCUT2D eigenvalue weighted by Gasteiger charge is 2.30. The summed E-state index contributed by atoms with van der Waals surface area (Å²) in [6.07, 6.45) is -3.93. The van der Waals surface area contributed by atoms with Crippen LogP contribution in [0.5, 0.6) is 11.5 Å². The molecule has 0 fully saturated rings. The highest BCUT2D eigenvalue weighted by atomic mass is 127. The summed E-state index contributed by atoms with van der Waals surface area (Å²) < 4.78 is 51.3. The van der Waals surface area contributed by atoms with Gasteiger partial charge in [-0.2, -0.15) is 0 Å². The van der Waals surface area contributed by atoms with Crippen molar-refractivity contribution in [2.45, 2.75) is 32.8 Å². The van der Waals surface area contributed by atoms with Crippen LogP contribution in [0.4, 0.5) is 13.2 Å². The molecule has 2 rings (SSSR count). The molecule has 0 heterocycles. The molecule has 0 unspecified atom stereocenters. The fourth-order valence-electron chi connectivity index (χ4n) is 2.54. The van der Waals surface area contributed by atoms with Gasteiger partial charge in [0.05, 0.1) is 13.2 Å². The van der Waals surface area contributed by atoms with Crippen LogP contribution in [0.3, 0.4) is 0 Å². The van der Waals surface area contributed by atoms with Crippen molar-refractivity contribution in [1.29, 1.82) is 0 Å². The summed E-state index contributed by atoms with van der Waals surface area (Å²) >= 11 is 0. The van der Waals surface area contributed by atoms with Crippen molar-refractivity contribution in [1.82, 2.24) is 5.32 Å². The Morgan fingerprint density at radius 3 is 2.45 bits per heavy atom. The summed E-state index contributed by atoms with van der Waals surface area (Å²) in [7, 11) is 1.65. The van der Waals surface area contributed by atoms with E-state index in [-0.39, 0.29) is 42.2 Å². The molecule has 6 nitrogen and oxygen atoms in total. The molecule has 0 aliphatic heterocycles. The molecule has 3 N–H and O–H groups in total. The minimum atomic E-state index is -4.71. The van der Waals surface area contributed by atoms with E-state index in [1.54, 1.807) is 7.11 Å². The summed E-state index contributed by atoms with van der Waals surface area (Å²) in [6.45, 7) is 3.80. The van der Waals surface area contributed by atoms with Crippen molar-refractivity contribution in [3.63, 3.8) is 0 Å². The number of hydrogen-bond donors (Lipinski definition) is 2. The van der Waals surface area contributed by atoms with Gasteiger partial charge in [0, 0.05) is 32.2 Å². The molecule has 0 radical (unpaired) electrons. The van der Waals surface area contributed by atoms with E-state index in [0.717, 1.165) is 23.3 Å². The van der Waals surface area contributed by atoms with Gasteiger partial charge in [0.2, 0.25) is 0 Å². The monoisotopic (exact) mass is 553 g/mol. The SMILES string of the molecule is COCCCOc1cc(C)ccc1CNC(N)=NCc1ccc(OC(F)(F)F)cc1.I. The van der Waals surface area contributed by atoms with Gasteiger partial charge in [0.15, 0.2) is 5.96 Å². The number of guanidine groups is 1. The molecular formula is C21H27F3IN3O3. The average Bonchev–Trinajstić information content (AvgIpc) is 2.69. The predicted octanol–water partition coefficient (Wildman–Crippen LogP) is 4.53. The van der Waals surface area contributed by atoms with Crippen molar-refractivity contribution in [3.05, 3.63) is 59.2 Å². The van der Waals surface area contributed by atoms with Gasteiger partial charge in [0.25, 0.3) is 0 Å². The van der Waals surface area contributed by atoms with E-state index in [9.17, 15) is 13.2 Å². The number of rotatable bonds is 10. The van der Waals surface area contributed by atoms with Crippen LogP contribution in [-0.4, -0.2) is 32.6 Å². The zero-order chi connectivity index (χ0) is 22.0. The number of aryl methyl sites for hydroxylation is 1.